The molecule has 1 amide bonds. The van der Waals surface area contributed by atoms with Gasteiger partial charge in [0.05, 0.1) is 11.9 Å². The zero-order valence-corrected chi connectivity index (χ0v) is 18.6. The van der Waals surface area contributed by atoms with Crippen molar-refractivity contribution >= 4 is 33.2 Å². The number of hydrogen-bond donors (Lipinski definition) is 1. The molecule has 0 aliphatic heterocycles. The molecule has 2 aromatic carbocycles. The van der Waals surface area contributed by atoms with E-state index in [1.165, 1.54) is 16.1 Å². The van der Waals surface area contributed by atoms with Crippen LogP contribution in [0.25, 0.3) is 0 Å². The van der Waals surface area contributed by atoms with Gasteiger partial charge in [0, 0.05) is 24.5 Å². The standard InChI is InChI=1S/C22H29ClN2O3S/c1-3-18-10-14-21(15-11-18)25(29(2,27)28)17-5-7-22(26)24-16-4-6-19-8-12-20(23)13-9-19/h8-15H,3-7,16-17H2,1-2H3,(H,24,26). The van der Waals surface area contributed by atoms with E-state index in [9.17, 15) is 13.2 Å². The number of rotatable bonds is 11. The quantitative estimate of drug-likeness (QED) is 0.537. The molecule has 7 heteroatoms. The SMILES string of the molecule is CCc1ccc(N(CCCC(=O)NCCCc2ccc(Cl)cc2)S(C)(=O)=O)cc1. The first-order chi connectivity index (χ1) is 13.8. The van der Waals surface area contributed by atoms with Crippen molar-refractivity contribution in [1.29, 1.82) is 0 Å². The van der Waals surface area contributed by atoms with Crippen LogP contribution in [0.15, 0.2) is 48.5 Å². The first-order valence-corrected chi connectivity index (χ1v) is 12.1. The topological polar surface area (TPSA) is 66.5 Å². The van der Waals surface area contributed by atoms with Gasteiger partial charge in [0.15, 0.2) is 0 Å². The summed E-state index contributed by atoms with van der Waals surface area (Å²) in [5, 5.41) is 3.61. The molecule has 29 heavy (non-hydrogen) atoms. The molecule has 0 spiro atoms. The Labute approximate surface area is 179 Å². The summed E-state index contributed by atoms with van der Waals surface area (Å²) in [6.07, 6.45) is 4.56. The Morgan fingerprint density at radius 2 is 1.62 bits per heavy atom. The lowest BCUT2D eigenvalue weighted by atomic mass is 10.1. The number of sulfonamides is 1. The van der Waals surface area contributed by atoms with E-state index in [4.69, 9.17) is 11.6 Å². The fourth-order valence-corrected chi connectivity index (χ4v) is 4.12. The molecule has 0 fully saturated rings. The number of amides is 1. The lowest BCUT2D eigenvalue weighted by molar-refractivity contribution is -0.121. The fraction of sp³-hybridized carbons (Fsp3) is 0.409. The van der Waals surface area contributed by atoms with Gasteiger partial charge in [-0.2, -0.15) is 0 Å². The number of carbonyl (C=O) groups excluding carboxylic acids is 1. The smallest absolute Gasteiger partial charge is 0.232 e. The first kappa shape index (κ1) is 23.2. The highest BCUT2D eigenvalue weighted by Gasteiger charge is 2.17. The number of carbonyl (C=O) groups is 1. The highest BCUT2D eigenvalue weighted by Crippen LogP contribution is 2.19. The lowest BCUT2D eigenvalue weighted by Crippen LogP contribution is -2.32. The van der Waals surface area contributed by atoms with Gasteiger partial charge in [-0.05, 0) is 61.1 Å². The predicted octanol–water partition coefficient (Wildman–Crippen LogP) is 4.20. The van der Waals surface area contributed by atoms with Crippen molar-refractivity contribution in [1.82, 2.24) is 5.32 Å². The molecule has 0 unspecified atom stereocenters. The molecule has 0 aromatic heterocycles. The molecule has 1 N–H and O–H groups in total. The van der Waals surface area contributed by atoms with Crippen molar-refractivity contribution in [3.05, 3.63) is 64.7 Å². The van der Waals surface area contributed by atoms with Gasteiger partial charge in [0.2, 0.25) is 15.9 Å². The zero-order chi connectivity index (χ0) is 21.3. The van der Waals surface area contributed by atoms with Crippen molar-refractivity contribution < 1.29 is 13.2 Å². The Balaban J connectivity index is 1.75. The van der Waals surface area contributed by atoms with Crippen LogP contribution in [0.3, 0.4) is 0 Å². The number of nitrogens with one attached hydrogen (secondary N) is 1. The molecule has 0 saturated heterocycles. The third-order valence-electron chi connectivity index (χ3n) is 4.68. The Kier molecular flexibility index (Phi) is 8.99. The second-order valence-electron chi connectivity index (χ2n) is 7.04. The van der Waals surface area contributed by atoms with Gasteiger partial charge in [0.25, 0.3) is 0 Å². The van der Waals surface area contributed by atoms with Crippen LogP contribution < -0.4 is 9.62 Å². The van der Waals surface area contributed by atoms with Crippen LogP contribution in [-0.2, 0) is 27.7 Å². The van der Waals surface area contributed by atoms with E-state index in [1.807, 2.05) is 48.5 Å². The molecule has 0 atom stereocenters. The molecule has 0 bridgehead atoms. The molecule has 0 radical (unpaired) electrons. The molecule has 0 saturated carbocycles. The summed E-state index contributed by atoms with van der Waals surface area (Å²) in [6, 6.07) is 15.2. The number of hydrogen-bond acceptors (Lipinski definition) is 3. The van der Waals surface area contributed by atoms with E-state index >= 15 is 0 Å². The van der Waals surface area contributed by atoms with Gasteiger partial charge in [0.1, 0.15) is 0 Å². The second-order valence-corrected chi connectivity index (χ2v) is 9.38. The summed E-state index contributed by atoms with van der Waals surface area (Å²) in [5.41, 5.74) is 2.97. The maximum Gasteiger partial charge on any atom is 0.232 e. The number of benzene rings is 2. The van der Waals surface area contributed by atoms with E-state index in [2.05, 4.69) is 12.2 Å². The average molecular weight is 437 g/mol. The van der Waals surface area contributed by atoms with Crippen LogP contribution >= 0.6 is 11.6 Å². The van der Waals surface area contributed by atoms with E-state index in [-0.39, 0.29) is 12.5 Å². The Morgan fingerprint density at radius 1 is 1.00 bits per heavy atom. The average Bonchev–Trinajstić information content (AvgIpc) is 2.69. The Morgan fingerprint density at radius 3 is 2.21 bits per heavy atom. The minimum atomic E-state index is -3.40. The van der Waals surface area contributed by atoms with E-state index in [0.717, 1.165) is 24.8 Å². The van der Waals surface area contributed by atoms with Crippen LogP contribution in [0.4, 0.5) is 5.69 Å². The minimum absolute atomic E-state index is 0.0594. The Bertz CT molecular complexity index is 881. The zero-order valence-electron chi connectivity index (χ0n) is 17.0. The second kappa shape index (κ2) is 11.2. The van der Waals surface area contributed by atoms with Crippen molar-refractivity contribution in [2.45, 2.75) is 39.0 Å². The summed E-state index contributed by atoms with van der Waals surface area (Å²) in [5.74, 6) is -0.0594. The fourth-order valence-electron chi connectivity index (χ4n) is 3.03. The summed E-state index contributed by atoms with van der Waals surface area (Å²) < 4.78 is 25.7. The summed E-state index contributed by atoms with van der Waals surface area (Å²) in [6.45, 7) is 2.93. The van der Waals surface area contributed by atoms with Crippen LogP contribution in [-0.4, -0.2) is 33.7 Å². The van der Waals surface area contributed by atoms with Crippen LogP contribution in [0, 0.1) is 0 Å². The van der Waals surface area contributed by atoms with Crippen LogP contribution in [0.1, 0.15) is 37.3 Å². The largest absolute Gasteiger partial charge is 0.356 e. The van der Waals surface area contributed by atoms with Crippen LogP contribution in [0.5, 0.6) is 0 Å². The third-order valence-corrected chi connectivity index (χ3v) is 6.12. The van der Waals surface area contributed by atoms with Crippen molar-refractivity contribution in [3.8, 4) is 0 Å². The van der Waals surface area contributed by atoms with Gasteiger partial charge >= 0.3 is 0 Å². The predicted molar refractivity (Wildman–Crippen MR) is 120 cm³/mol. The monoisotopic (exact) mass is 436 g/mol. The maximum absolute atomic E-state index is 12.1. The lowest BCUT2D eigenvalue weighted by Gasteiger charge is -2.22. The van der Waals surface area contributed by atoms with E-state index < -0.39 is 10.0 Å². The normalized spacial score (nSPS) is 11.3. The van der Waals surface area contributed by atoms with E-state index in [1.54, 1.807) is 0 Å². The molecular weight excluding hydrogens is 408 g/mol. The first-order valence-electron chi connectivity index (χ1n) is 9.87. The van der Waals surface area contributed by atoms with Crippen molar-refractivity contribution in [2.24, 2.45) is 0 Å². The van der Waals surface area contributed by atoms with Crippen molar-refractivity contribution in [3.63, 3.8) is 0 Å². The highest BCUT2D eigenvalue weighted by molar-refractivity contribution is 7.92. The Hall–Kier alpha value is -2.05. The molecule has 158 valence electrons. The van der Waals surface area contributed by atoms with Gasteiger partial charge < -0.3 is 5.32 Å². The van der Waals surface area contributed by atoms with Crippen molar-refractivity contribution in [2.75, 3.05) is 23.7 Å². The van der Waals surface area contributed by atoms with Gasteiger partial charge in [-0.25, -0.2) is 8.42 Å². The molecule has 0 aliphatic rings. The summed E-state index contributed by atoms with van der Waals surface area (Å²) in [4.78, 5) is 12.1. The molecule has 5 nitrogen and oxygen atoms in total. The molecule has 2 aromatic rings. The maximum atomic E-state index is 12.1. The summed E-state index contributed by atoms with van der Waals surface area (Å²) >= 11 is 5.87. The molecular formula is C22H29ClN2O3S. The molecule has 2 rings (SSSR count). The van der Waals surface area contributed by atoms with Gasteiger partial charge in [-0.15, -0.1) is 0 Å². The summed E-state index contributed by atoms with van der Waals surface area (Å²) in [7, 11) is -3.40. The molecule has 0 aliphatic carbocycles. The number of anilines is 1. The van der Waals surface area contributed by atoms with Gasteiger partial charge in [-0.1, -0.05) is 42.8 Å². The highest BCUT2D eigenvalue weighted by atomic mass is 35.5. The number of aryl methyl sites for hydroxylation is 2. The van der Waals surface area contributed by atoms with E-state index in [0.29, 0.717) is 30.1 Å². The van der Waals surface area contributed by atoms with Crippen LogP contribution in [0.2, 0.25) is 5.02 Å². The number of halogens is 1. The minimum Gasteiger partial charge on any atom is -0.356 e. The molecule has 0 heterocycles. The van der Waals surface area contributed by atoms with Gasteiger partial charge in [-0.3, -0.25) is 9.10 Å². The number of nitrogens with zero attached hydrogens (tertiary/aromatic N) is 1. The third kappa shape index (κ3) is 8.07.